The molecule has 17 heavy (non-hydrogen) atoms. The van der Waals surface area contributed by atoms with Gasteiger partial charge in [0.25, 0.3) is 0 Å². The molecule has 0 aromatic heterocycles. The maximum atomic E-state index is 11.9. The number of rotatable bonds is 8. The molecule has 100 valence electrons. The quantitative estimate of drug-likeness (QED) is 0.393. The van der Waals surface area contributed by atoms with E-state index in [1.807, 2.05) is 13.8 Å². The molecule has 0 rings (SSSR count). The van der Waals surface area contributed by atoms with Gasteiger partial charge in [-0.1, -0.05) is 15.9 Å². The highest BCUT2D eigenvalue weighted by atomic mass is 79.9. The number of amides is 1. The summed E-state index contributed by atoms with van der Waals surface area (Å²) >= 11 is 3.33. The normalized spacial score (nSPS) is 10.4. The smallest absolute Gasteiger partial charge is 0.325 e. The van der Waals surface area contributed by atoms with Gasteiger partial charge in [-0.25, -0.2) is 0 Å². The van der Waals surface area contributed by atoms with Gasteiger partial charge in [0.2, 0.25) is 5.91 Å². The summed E-state index contributed by atoms with van der Waals surface area (Å²) in [7, 11) is 0. The van der Waals surface area contributed by atoms with Crippen molar-refractivity contribution in [3.05, 3.63) is 0 Å². The fourth-order valence-electron chi connectivity index (χ4n) is 1.42. The second-order valence-electron chi connectivity index (χ2n) is 4.07. The van der Waals surface area contributed by atoms with Gasteiger partial charge in [-0.05, 0) is 33.6 Å². The number of halogens is 1. The van der Waals surface area contributed by atoms with E-state index < -0.39 is 0 Å². The molecule has 0 spiro atoms. The number of carbonyl (C=O) groups is 2. The lowest BCUT2D eigenvalue weighted by Crippen LogP contribution is -2.41. The molecule has 0 saturated heterocycles. The Labute approximate surface area is 112 Å². The van der Waals surface area contributed by atoms with Gasteiger partial charge in [0.1, 0.15) is 6.54 Å². The summed E-state index contributed by atoms with van der Waals surface area (Å²) in [6, 6.07) is 0.0240. The summed E-state index contributed by atoms with van der Waals surface area (Å²) in [5.41, 5.74) is 0. The number of esters is 1. The number of nitrogens with zero attached hydrogens (tertiary/aromatic N) is 1. The molecule has 0 aromatic carbocycles. The molecule has 0 aromatic rings. The van der Waals surface area contributed by atoms with Crippen LogP contribution in [0.4, 0.5) is 0 Å². The Balaban J connectivity index is 4.21. The Morgan fingerprint density at radius 2 is 1.94 bits per heavy atom. The maximum Gasteiger partial charge on any atom is 0.325 e. The third kappa shape index (κ3) is 7.36. The van der Waals surface area contributed by atoms with Crippen molar-refractivity contribution in [1.29, 1.82) is 0 Å². The molecule has 0 saturated carbocycles. The minimum Gasteiger partial charge on any atom is -0.465 e. The molecule has 0 aliphatic rings. The number of ether oxygens (including phenoxy) is 1. The van der Waals surface area contributed by atoms with Gasteiger partial charge >= 0.3 is 5.97 Å². The first-order valence-corrected chi connectivity index (χ1v) is 7.16. The fourth-order valence-corrected chi connectivity index (χ4v) is 1.82. The molecular formula is C12H22BrNO3. The van der Waals surface area contributed by atoms with Crippen LogP contribution in [-0.4, -0.2) is 41.3 Å². The molecule has 0 heterocycles. The summed E-state index contributed by atoms with van der Waals surface area (Å²) in [6.07, 6.45) is 2.30. The predicted molar refractivity (Wildman–Crippen MR) is 71.1 cm³/mol. The van der Waals surface area contributed by atoms with Crippen LogP contribution in [0.25, 0.3) is 0 Å². The largest absolute Gasteiger partial charge is 0.465 e. The van der Waals surface area contributed by atoms with Crippen LogP contribution >= 0.6 is 15.9 Å². The summed E-state index contributed by atoms with van der Waals surface area (Å²) in [5.74, 6) is -0.316. The van der Waals surface area contributed by atoms with Crippen molar-refractivity contribution in [2.45, 2.75) is 46.1 Å². The van der Waals surface area contributed by atoms with E-state index in [0.29, 0.717) is 13.0 Å². The zero-order valence-electron chi connectivity index (χ0n) is 10.9. The van der Waals surface area contributed by atoms with Crippen molar-refractivity contribution in [3.8, 4) is 0 Å². The highest BCUT2D eigenvalue weighted by molar-refractivity contribution is 9.09. The highest BCUT2D eigenvalue weighted by Crippen LogP contribution is 2.06. The van der Waals surface area contributed by atoms with E-state index in [4.69, 9.17) is 4.74 Å². The third-order valence-electron chi connectivity index (χ3n) is 2.32. The molecule has 0 atom stereocenters. The lowest BCUT2D eigenvalue weighted by Gasteiger charge is -2.25. The van der Waals surface area contributed by atoms with Gasteiger partial charge in [0.05, 0.1) is 6.61 Å². The number of hydrogen-bond donors (Lipinski definition) is 0. The first kappa shape index (κ1) is 16.4. The average molecular weight is 308 g/mol. The van der Waals surface area contributed by atoms with Crippen molar-refractivity contribution < 1.29 is 14.3 Å². The van der Waals surface area contributed by atoms with Crippen molar-refractivity contribution in [3.63, 3.8) is 0 Å². The Morgan fingerprint density at radius 3 is 2.41 bits per heavy atom. The molecule has 0 aliphatic heterocycles. The van der Waals surface area contributed by atoms with Crippen LogP contribution in [-0.2, 0) is 14.3 Å². The Hall–Kier alpha value is -0.580. The van der Waals surface area contributed by atoms with E-state index in [2.05, 4.69) is 15.9 Å². The first-order valence-electron chi connectivity index (χ1n) is 6.04. The van der Waals surface area contributed by atoms with Gasteiger partial charge in [0.15, 0.2) is 0 Å². The molecule has 0 radical (unpaired) electrons. The van der Waals surface area contributed by atoms with Crippen LogP contribution in [0.2, 0.25) is 0 Å². The van der Waals surface area contributed by atoms with Crippen molar-refractivity contribution in [2.24, 2.45) is 0 Å². The van der Waals surface area contributed by atoms with Crippen LogP contribution in [0.1, 0.15) is 40.0 Å². The number of unbranched alkanes of at least 4 members (excludes halogenated alkanes) is 1. The minimum absolute atomic E-state index is 0.0222. The molecule has 0 N–H and O–H groups in total. The van der Waals surface area contributed by atoms with Gasteiger partial charge in [-0.2, -0.15) is 0 Å². The second-order valence-corrected chi connectivity index (χ2v) is 4.86. The monoisotopic (exact) mass is 307 g/mol. The van der Waals surface area contributed by atoms with Gasteiger partial charge in [0, 0.05) is 17.8 Å². The molecule has 1 amide bonds. The third-order valence-corrected chi connectivity index (χ3v) is 2.88. The van der Waals surface area contributed by atoms with Gasteiger partial charge in [-0.15, -0.1) is 0 Å². The number of alkyl halides is 1. The summed E-state index contributed by atoms with van der Waals surface area (Å²) < 4.78 is 4.86. The maximum absolute atomic E-state index is 11.9. The molecule has 0 unspecified atom stereocenters. The van der Waals surface area contributed by atoms with Crippen molar-refractivity contribution >= 4 is 27.8 Å². The fraction of sp³-hybridized carbons (Fsp3) is 0.833. The Bertz CT molecular complexity index is 244. The number of carbonyl (C=O) groups excluding carboxylic acids is 2. The Kier molecular flexibility index (Phi) is 9.13. The molecular weight excluding hydrogens is 286 g/mol. The van der Waals surface area contributed by atoms with E-state index >= 15 is 0 Å². The van der Waals surface area contributed by atoms with Crippen LogP contribution in [0.5, 0.6) is 0 Å². The molecule has 0 fully saturated rings. The lowest BCUT2D eigenvalue weighted by molar-refractivity contribution is -0.150. The standard InChI is InChI=1S/C12H22BrNO3/c1-4-17-12(16)9-14(10(2)3)11(15)7-5-6-8-13/h10H,4-9H2,1-3H3. The zero-order valence-corrected chi connectivity index (χ0v) is 12.5. The van der Waals surface area contributed by atoms with Crippen LogP contribution in [0.3, 0.4) is 0 Å². The molecule has 0 bridgehead atoms. The van der Waals surface area contributed by atoms with Gasteiger partial charge in [-0.3, -0.25) is 9.59 Å². The Morgan fingerprint density at radius 1 is 1.29 bits per heavy atom. The number of hydrogen-bond acceptors (Lipinski definition) is 3. The minimum atomic E-state index is -0.338. The van der Waals surface area contributed by atoms with Crippen LogP contribution in [0, 0.1) is 0 Å². The molecule has 4 nitrogen and oxygen atoms in total. The van der Waals surface area contributed by atoms with E-state index in [-0.39, 0.29) is 24.5 Å². The summed E-state index contributed by atoms with van der Waals surface area (Å²) in [6.45, 7) is 5.97. The van der Waals surface area contributed by atoms with E-state index in [1.54, 1.807) is 11.8 Å². The van der Waals surface area contributed by atoms with Crippen molar-refractivity contribution in [1.82, 2.24) is 4.90 Å². The van der Waals surface area contributed by atoms with E-state index in [0.717, 1.165) is 18.2 Å². The van der Waals surface area contributed by atoms with Gasteiger partial charge < -0.3 is 9.64 Å². The van der Waals surface area contributed by atoms with E-state index in [9.17, 15) is 9.59 Å². The molecule has 0 aliphatic carbocycles. The lowest BCUT2D eigenvalue weighted by atomic mass is 10.2. The predicted octanol–water partition coefficient (Wildman–Crippen LogP) is 2.35. The van der Waals surface area contributed by atoms with Crippen LogP contribution < -0.4 is 0 Å². The average Bonchev–Trinajstić information content (AvgIpc) is 2.26. The van der Waals surface area contributed by atoms with Crippen LogP contribution in [0.15, 0.2) is 0 Å². The zero-order chi connectivity index (χ0) is 13.3. The van der Waals surface area contributed by atoms with Crippen molar-refractivity contribution in [2.75, 3.05) is 18.5 Å². The summed E-state index contributed by atoms with van der Waals surface area (Å²) in [5, 5.41) is 0.903. The van der Waals surface area contributed by atoms with E-state index in [1.165, 1.54) is 0 Å². The SMILES string of the molecule is CCOC(=O)CN(C(=O)CCCCBr)C(C)C. The first-order chi connectivity index (χ1) is 8.02. The summed E-state index contributed by atoms with van der Waals surface area (Å²) in [4.78, 5) is 24.8. The second kappa shape index (κ2) is 9.45. The molecule has 5 heteroatoms. The highest BCUT2D eigenvalue weighted by Gasteiger charge is 2.19. The topological polar surface area (TPSA) is 46.6 Å².